The van der Waals surface area contributed by atoms with Crippen molar-refractivity contribution in [2.45, 2.75) is 26.7 Å². The maximum atomic E-state index is 11.5. The van der Waals surface area contributed by atoms with Crippen molar-refractivity contribution in [1.82, 2.24) is 10.5 Å². The van der Waals surface area contributed by atoms with Crippen molar-refractivity contribution >= 4 is 22.5 Å². The summed E-state index contributed by atoms with van der Waals surface area (Å²) in [4.78, 5) is 18.2. The Bertz CT molecular complexity index is 917. The number of carbonyl (C=O) groups excluding carboxylic acids is 1. The molecule has 0 atom stereocenters. The monoisotopic (exact) mass is 336 g/mol. The molecule has 6 nitrogen and oxygen atoms in total. The average molecular weight is 336 g/mol. The summed E-state index contributed by atoms with van der Waals surface area (Å²) in [6, 6.07) is 6.45. The molecule has 2 fully saturated rings. The van der Waals surface area contributed by atoms with Crippen LogP contribution < -0.4 is 10.4 Å². The summed E-state index contributed by atoms with van der Waals surface area (Å²) in [6.45, 7) is 5.80. The van der Waals surface area contributed by atoms with Crippen molar-refractivity contribution in [2.75, 3.05) is 18.0 Å². The molecule has 2 N–H and O–H groups in total. The van der Waals surface area contributed by atoms with Gasteiger partial charge in [0.2, 0.25) is 5.91 Å². The Balaban J connectivity index is 1.64. The predicted octanol–water partition coefficient (Wildman–Crippen LogP) is 2.45. The summed E-state index contributed by atoms with van der Waals surface area (Å²) in [5, 5.41) is 19.3. The molecule has 0 bridgehead atoms. The average Bonchev–Trinajstić information content (AvgIpc) is 2.53. The van der Waals surface area contributed by atoms with E-state index in [0.29, 0.717) is 5.56 Å². The lowest BCUT2D eigenvalue weighted by atomic mass is 9.57. The number of hydrogen-bond acceptors (Lipinski definition) is 5. The first kappa shape index (κ1) is 15.9. The Morgan fingerprint density at radius 3 is 2.68 bits per heavy atom. The first-order valence-corrected chi connectivity index (χ1v) is 8.45. The summed E-state index contributed by atoms with van der Waals surface area (Å²) in [6.07, 6.45) is 3.23. The maximum Gasteiger partial charge on any atom is 0.246 e. The second-order valence-corrected chi connectivity index (χ2v) is 7.52. The van der Waals surface area contributed by atoms with Crippen molar-refractivity contribution < 1.29 is 10.0 Å². The van der Waals surface area contributed by atoms with Crippen molar-refractivity contribution in [2.24, 2.45) is 11.3 Å². The molecule has 1 aromatic carbocycles. The van der Waals surface area contributed by atoms with Crippen LogP contribution in [0.5, 0.6) is 0 Å². The third-order valence-electron chi connectivity index (χ3n) is 5.78. The van der Waals surface area contributed by atoms with Gasteiger partial charge < -0.3 is 4.90 Å². The van der Waals surface area contributed by atoms with Crippen LogP contribution in [-0.4, -0.2) is 29.2 Å². The van der Waals surface area contributed by atoms with Crippen LogP contribution in [0.1, 0.15) is 29.5 Å². The van der Waals surface area contributed by atoms with Crippen LogP contribution in [-0.2, 0) is 4.79 Å². The van der Waals surface area contributed by atoms with Gasteiger partial charge in [0.25, 0.3) is 0 Å². The third-order valence-corrected chi connectivity index (χ3v) is 5.78. The molecule has 1 aliphatic carbocycles. The Labute approximate surface area is 146 Å². The fraction of sp³-hybridized carbons (Fsp3) is 0.421. The fourth-order valence-electron chi connectivity index (χ4n) is 4.30. The van der Waals surface area contributed by atoms with Gasteiger partial charge in [-0.05, 0) is 49.9 Å². The molecular weight excluding hydrogens is 316 g/mol. The van der Waals surface area contributed by atoms with Gasteiger partial charge >= 0.3 is 0 Å². The molecule has 0 unspecified atom stereocenters. The standard InChI is InChI=1S/C19H20N4O2/c1-11-3-15-16(4-12(11)2)21-8-14(7-20)17(15)23-9-19(10-23)5-13(6-19)18(24)22-25/h3-4,8,13,25H,5-6,9-10H2,1-2H3,(H,22,24). The molecule has 128 valence electrons. The Morgan fingerprint density at radius 2 is 2.04 bits per heavy atom. The fourth-order valence-corrected chi connectivity index (χ4v) is 4.30. The molecule has 2 aromatic rings. The number of aromatic nitrogens is 1. The van der Waals surface area contributed by atoms with E-state index in [1.165, 1.54) is 11.1 Å². The van der Waals surface area contributed by atoms with E-state index in [2.05, 4.69) is 41.9 Å². The van der Waals surface area contributed by atoms with Gasteiger partial charge in [-0.15, -0.1) is 0 Å². The smallest absolute Gasteiger partial charge is 0.246 e. The van der Waals surface area contributed by atoms with Gasteiger partial charge in [-0.2, -0.15) is 5.26 Å². The first-order chi connectivity index (χ1) is 12.0. The number of aryl methyl sites for hydroxylation is 2. The topological polar surface area (TPSA) is 89.2 Å². The molecule has 1 aliphatic heterocycles. The SMILES string of the molecule is Cc1cc2ncc(C#N)c(N3CC4(CC(C(=O)NO)C4)C3)c2cc1C. The van der Waals surface area contributed by atoms with Crippen LogP contribution in [0.3, 0.4) is 0 Å². The van der Waals surface area contributed by atoms with Gasteiger partial charge in [-0.25, -0.2) is 5.48 Å². The molecule has 1 spiro atoms. The number of hydroxylamine groups is 1. The lowest BCUT2D eigenvalue weighted by molar-refractivity contribution is -0.142. The van der Waals surface area contributed by atoms with Crippen LogP contribution in [0.2, 0.25) is 0 Å². The zero-order valence-electron chi connectivity index (χ0n) is 14.3. The molecule has 0 radical (unpaired) electrons. The van der Waals surface area contributed by atoms with E-state index >= 15 is 0 Å². The van der Waals surface area contributed by atoms with Gasteiger partial charge in [0.05, 0.1) is 16.8 Å². The van der Waals surface area contributed by atoms with Gasteiger partial charge in [0.1, 0.15) is 6.07 Å². The minimum Gasteiger partial charge on any atom is -0.369 e. The highest BCUT2D eigenvalue weighted by Gasteiger charge is 2.54. The summed E-state index contributed by atoms with van der Waals surface area (Å²) in [7, 11) is 0. The minimum atomic E-state index is -0.290. The maximum absolute atomic E-state index is 11.5. The number of benzene rings is 1. The van der Waals surface area contributed by atoms with Crippen LogP contribution in [0.25, 0.3) is 10.9 Å². The number of amides is 1. The Kier molecular flexibility index (Phi) is 3.44. The highest BCUT2D eigenvalue weighted by Crippen LogP contribution is 2.54. The normalized spacial score (nSPS) is 18.6. The quantitative estimate of drug-likeness (QED) is 0.649. The minimum absolute atomic E-state index is 0.0957. The molecule has 1 saturated carbocycles. The van der Waals surface area contributed by atoms with Gasteiger partial charge in [0, 0.05) is 36.0 Å². The van der Waals surface area contributed by atoms with E-state index in [-0.39, 0.29) is 17.2 Å². The molecule has 1 aromatic heterocycles. The zero-order chi connectivity index (χ0) is 17.8. The van der Waals surface area contributed by atoms with Gasteiger partial charge in [0.15, 0.2) is 0 Å². The van der Waals surface area contributed by atoms with E-state index in [1.807, 2.05) is 0 Å². The van der Waals surface area contributed by atoms with Crippen molar-refractivity contribution in [3.05, 3.63) is 35.0 Å². The number of nitrogens with zero attached hydrogens (tertiary/aromatic N) is 3. The zero-order valence-corrected chi connectivity index (χ0v) is 14.3. The Hall–Kier alpha value is -2.65. The third kappa shape index (κ3) is 2.35. The molecule has 1 amide bonds. The van der Waals surface area contributed by atoms with Crippen molar-refractivity contribution in [3.63, 3.8) is 0 Å². The molecule has 25 heavy (non-hydrogen) atoms. The second-order valence-electron chi connectivity index (χ2n) is 7.52. The van der Waals surface area contributed by atoms with Crippen LogP contribution in [0.4, 0.5) is 5.69 Å². The number of nitriles is 1. The Morgan fingerprint density at radius 1 is 1.36 bits per heavy atom. The van der Waals surface area contributed by atoms with E-state index in [9.17, 15) is 10.1 Å². The van der Waals surface area contributed by atoms with Gasteiger partial charge in [-0.1, -0.05) is 0 Å². The van der Waals surface area contributed by atoms with E-state index in [1.54, 1.807) is 11.7 Å². The van der Waals surface area contributed by atoms with E-state index < -0.39 is 0 Å². The number of carbonyl (C=O) groups is 1. The number of rotatable bonds is 2. The van der Waals surface area contributed by atoms with E-state index in [4.69, 9.17) is 5.21 Å². The lowest BCUT2D eigenvalue weighted by Crippen LogP contribution is -2.64. The summed E-state index contributed by atoms with van der Waals surface area (Å²) >= 11 is 0. The van der Waals surface area contributed by atoms with Gasteiger partial charge in [-0.3, -0.25) is 15.0 Å². The highest BCUT2D eigenvalue weighted by atomic mass is 16.5. The lowest BCUT2D eigenvalue weighted by Gasteiger charge is -2.59. The summed E-state index contributed by atoms with van der Waals surface area (Å²) in [5.41, 5.74) is 6.71. The van der Waals surface area contributed by atoms with Crippen LogP contribution in [0, 0.1) is 36.5 Å². The van der Waals surface area contributed by atoms with Crippen LogP contribution >= 0.6 is 0 Å². The second kappa shape index (κ2) is 5.43. The van der Waals surface area contributed by atoms with Crippen molar-refractivity contribution in [3.8, 4) is 6.07 Å². The summed E-state index contributed by atoms with van der Waals surface area (Å²) in [5.74, 6) is -0.385. The molecule has 2 heterocycles. The number of fused-ring (bicyclic) bond motifs is 1. The number of pyridine rings is 1. The first-order valence-electron chi connectivity index (χ1n) is 8.45. The molecule has 6 heteroatoms. The number of nitrogens with one attached hydrogen (secondary N) is 1. The number of anilines is 1. The van der Waals surface area contributed by atoms with E-state index in [0.717, 1.165) is 42.5 Å². The van der Waals surface area contributed by atoms with Crippen LogP contribution in [0.15, 0.2) is 18.3 Å². The molecule has 1 saturated heterocycles. The predicted molar refractivity (Wildman–Crippen MR) is 93.2 cm³/mol. The van der Waals surface area contributed by atoms with Crippen molar-refractivity contribution in [1.29, 1.82) is 5.26 Å². The molecule has 4 rings (SSSR count). The molecule has 2 aliphatic rings. The largest absolute Gasteiger partial charge is 0.369 e. The number of hydrogen-bond donors (Lipinski definition) is 2. The summed E-state index contributed by atoms with van der Waals surface area (Å²) < 4.78 is 0. The molecular formula is C19H20N4O2. The highest BCUT2D eigenvalue weighted by molar-refractivity contribution is 5.96.